The van der Waals surface area contributed by atoms with Gasteiger partial charge in [-0.25, -0.2) is 0 Å². The molecule has 2 aromatic rings. The summed E-state index contributed by atoms with van der Waals surface area (Å²) >= 11 is 11.9. The third kappa shape index (κ3) is 6.67. The highest BCUT2D eigenvalue weighted by Gasteiger charge is 2.08. The molecule has 0 aliphatic rings. The second kappa shape index (κ2) is 9.78. The highest BCUT2D eigenvalue weighted by Crippen LogP contribution is 2.23. The lowest BCUT2D eigenvalue weighted by Gasteiger charge is -2.17. The zero-order valence-electron chi connectivity index (χ0n) is 14.4. The van der Waals surface area contributed by atoms with E-state index >= 15 is 0 Å². The van der Waals surface area contributed by atoms with Gasteiger partial charge in [0.25, 0.3) is 0 Å². The molecule has 0 bridgehead atoms. The largest absolute Gasteiger partial charge is 0.380 e. The predicted octanol–water partition coefficient (Wildman–Crippen LogP) is 3.89. The number of rotatable bonds is 8. The summed E-state index contributed by atoms with van der Waals surface area (Å²) in [4.78, 5) is 14.0. The summed E-state index contributed by atoms with van der Waals surface area (Å²) in [5, 5.41) is 3.98. The molecule has 25 heavy (non-hydrogen) atoms. The van der Waals surface area contributed by atoms with Gasteiger partial charge >= 0.3 is 0 Å². The van der Waals surface area contributed by atoms with E-state index in [2.05, 4.69) is 5.32 Å². The van der Waals surface area contributed by atoms with Gasteiger partial charge in [0.15, 0.2) is 0 Å². The summed E-state index contributed by atoms with van der Waals surface area (Å²) < 4.78 is 5.08. The molecule has 4 nitrogen and oxygen atoms in total. The maximum atomic E-state index is 12.1. The first-order valence-corrected chi connectivity index (χ1v) is 8.69. The van der Waals surface area contributed by atoms with Crippen LogP contribution < -0.4 is 5.32 Å². The molecular formula is C19H22Cl2N2O2. The Bertz CT molecular complexity index is 705. The first-order chi connectivity index (χ1) is 12.0. The maximum absolute atomic E-state index is 12.1. The van der Waals surface area contributed by atoms with Crippen molar-refractivity contribution in [3.63, 3.8) is 0 Å². The number of ether oxygens (including phenoxy) is 1. The lowest BCUT2D eigenvalue weighted by Crippen LogP contribution is -2.34. The standard InChI is InChI=1S/C19H22Cl2N2O2/c1-23(11-16-7-8-17(20)18(21)9-16)12-19(24)22-10-14-3-5-15(6-4-14)13-25-2/h3-9H,10-13H2,1-2H3,(H,22,24). The molecule has 0 fully saturated rings. The summed E-state index contributed by atoms with van der Waals surface area (Å²) in [5.74, 6) is -0.0245. The van der Waals surface area contributed by atoms with E-state index in [-0.39, 0.29) is 5.91 Å². The molecule has 0 unspecified atom stereocenters. The number of hydrogen-bond acceptors (Lipinski definition) is 3. The van der Waals surface area contributed by atoms with Crippen molar-refractivity contribution in [1.82, 2.24) is 10.2 Å². The molecule has 0 heterocycles. The van der Waals surface area contributed by atoms with Crippen molar-refractivity contribution in [2.75, 3.05) is 20.7 Å². The molecule has 1 amide bonds. The number of carbonyl (C=O) groups is 1. The summed E-state index contributed by atoms with van der Waals surface area (Å²) in [6, 6.07) is 13.5. The Labute approximate surface area is 158 Å². The minimum Gasteiger partial charge on any atom is -0.380 e. The maximum Gasteiger partial charge on any atom is 0.234 e. The second-order valence-corrected chi connectivity index (χ2v) is 6.76. The van der Waals surface area contributed by atoms with Crippen molar-refractivity contribution in [3.05, 3.63) is 69.2 Å². The second-order valence-electron chi connectivity index (χ2n) is 5.95. The van der Waals surface area contributed by atoms with Crippen LogP contribution in [0, 0.1) is 0 Å². The number of nitrogens with zero attached hydrogens (tertiary/aromatic N) is 1. The zero-order valence-corrected chi connectivity index (χ0v) is 15.9. The average Bonchev–Trinajstić information content (AvgIpc) is 2.58. The molecule has 2 rings (SSSR count). The minimum absolute atomic E-state index is 0.0245. The average molecular weight is 381 g/mol. The summed E-state index contributed by atoms with van der Waals surface area (Å²) in [6.45, 7) is 2.02. The van der Waals surface area contributed by atoms with Gasteiger partial charge in [0, 0.05) is 20.2 Å². The van der Waals surface area contributed by atoms with Crippen LogP contribution >= 0.6 is 23.2 Å². The first kappa shape index (κ1) is 19.7. The summed E-state index contributed by atoms with van der Waals surface area (Å²) in [7, 11) is 3.56. The molecular weight excluding hydrogens is 359 g/mol. The highest BCUT2D eigenvalue weighted by molar-refractivity contribution is 6.42. The van der Waals surface area contributed by atoms with Gasteiger partial charge in [0.2, 0.25) is 5.91 Å². The minimum atomic E-state index is -0.0245. The molecule has 0 spiro atoms. The van der Waals surface area contributed by atoms with Crippen LogP contribution in [0.4, 0.5) is 0 Å². The van der Waals surface area contributed by atoms with Crippen molar-refractivity contribution >= 4 is 29.1 Å². The number of benzene rings is 2. The lowest BCUT2D eigenvalue weighted by atomic mass is 10.1. The number of likely N-dealkylation sites (N-methyl/N-ethyl adjacent to an activating group) is 1. The van der Waals surface area contributed by atoms with Crippen molar-refractivity contribution in [3.8, 4) is 0 Å². The molecule has 0 saturated carbocycles. The smallest absolute Gasteiger partial charge is 0.234 e. The van der Waals surface area contributed by atoms with E-state index in [1.54, 1.807) is 13.2 Å². The monoisotopic (exact) mass is 380 g/mol. The van der Waals surface area contributed by atoms with Crippen LogP contribution in [0.25, 0.3) is 0 Å². The van der Waals surface area contributed by atoms with Crippen LogP contribution in [-0.2, 0) is 29.2 Å². The Balaban J connectivity index is 1.77. The fourth-order valence-electron chi connectivity index (χ4n) is 2.43. The van der Waals surface area contributed by atoms with Crippen molar-refractivity contribution < 1.29 is 9.53 Å². The van der Waals surface area contributed by atoms with Gasteiger partial charge in [-0.1, -0.05) is 53.5 Å². The van der Waals surface area contributed by atoms with E-state index in [0.29, 0.717) is 36.3 Å². The van der Waals surface area contributed by atoms with Crippen molar-refractivity contribution in [2.24, 2.45) is 0 Å². The lowest BCUT2D eigenvalue weighted by molar-refractivity contribution is -0.122. The molecule has 0 saturated heterocycles. The summed E-state index contributed by atoms with van der Waals surface area (Å²) in [5.41, 5.74) is 3.18. The van der Waals surface area contributed by atoms with Crippen LogP contribution in [0.2, 0.25) is 10.0 Å². The van der Waals surface area contributed by atoms with Gasteiger partial charge < -0.3 is 10.1 Å². The molecule has 6 heteroatoms. The molecule has 0 aliphatic heterocycles. The van der Waals surface area contributed by atoms with E-state index in [4.69, 9.17) is 27.9 Å². The van der Waals surface area contributed by atoms with Gasteiger partial charge in [-0.15, -0.1) is 0 Å². The topological polar surface area (TPSA) is 41.6 Å². The molecule has 134 valence electrons. The Morgan fingerprint density at radius 3 is 2.32 bits per heavy atom. The van der Waals surface area contributed by atoms with E-state index in [9.17, 15) is 4.79 Å². The van der Waals surface area contributed by atoms with Crippen LogP contribution in [0.3, 0.4) is 0 Å². The number of hydrogen-bond donors (Lipinski definition) is 1. The molecule has 0 radical (unpaired) electrons. The van der Waals surface area contributed by atoms with Gasteiger partial charge in [-0.3, -0.25) is 9.69 Å². The van der Waals surface area contributed by atoms with Gasteiger partial charge in [0.1, 0.15) is 0 Å². The third-order valence-corrected chi connectivity index (χ3v) is 4.41. The molecule has 0 aliphatic carbocycles. The van der Waals surface area contributed by atoms with Crippen LogP contribution in [-0.4, -0.2) is 31.5 Å². The first-order valence-electron chi connectivity index (χ1n) is 7.94. The predicted molar refractivity (Wildman–Crippen MR) is 102 cm³/mol. The van der Waals surface area contributed by atoms with E-state index in [0.717, 1.165) is 16.7 Å². The molecule has 0 atom stereocenters. The normalized spacial score (nSPS) is 10.9. The fourth-order valence-corrected chi connectivity index (χ4v) is 2.75. The number of methoxy groups -OCH3 is 1. The van der Waals surface area contributed by atoms with Crippen molar-refractivity contribution in [2.45, 2.75) is 19.7 Å². The summed E-state index contributed by atoms with van der Waals surface area (Å²) in [6.07, 6.45) is 0. The van der Waals surface area contributed by atoms with Crippen molar-refractivity contribution in [1.29, 1.82) is 0 Å². The van der Waals surface area contributed by atoms with E-state index < -0.39 is 0 Å². The van der Waals surface area contributed by atoms with Gasteiger partial charge in [-0.2, -0.15) is 0 Å². The number of halogens is 2. The van der Waals surface area contributed by atoms with Crippen LogP contribution in [0.5, 0.6) is 0 Å². The Morgan fingerprint density at radius 1 is 1.04 bits per heavy atom. The molecule has 1 N–H and O–H groups in total. The number of nitrogens with one attached hydrogen (secondary N) is 1. The van der Waals surface area contributed by atoms with Crippen LogP contribution in [0.1, 0.15) is 16.7 Å². The van der Waals surface area contributed by atoms with Gasteiger partial charge in [0.05, 0.1) is 23.2 Å². The third-order valence-electron chi connectivity index (χ3n) is 3.67. The Kier molecular flexibility index (Phi) is 7.72. The molecule has 2 aromatic carbocycles. The number of carbonyl (C=O) groups excluding carboxylic acids is 1. The quantitative estimate of drug-likeness (QED) is 0.755. The van der Waals surface area contributed by atoms with Gasteiger partial charge in [-0.05, 0) is 35.9 Å². The molecule has 0 aromatic heterocycles. The van der Waals surface area contributed by atoms with Crippen LogP contribution in [0.15, 0.2) is 42.5 Å². The Hall–Kier alpha value is -1.59. The Morgan fingerprint density at radius 2 is 1.68 bits per heavy atom. The fraction of sp³-hybridized carbons (Fsp3) is 0.316. The van der Waals surface area contributed by atoms with E-state index in [1.165, 1.54) is 0 Å². The number of amides is 1. The van der Waals surface area contributed by atoms with E-state index in [1.807, 2.05) is 48.3 Å². The highest BCUT2D eigenvalue weighted by atomic mass is 35.5. The SMILES string of the molecule is COCc1ccc(CNC(=O)CN(C)Cc2ccc(Cl)c(Cl)c2)cc1. The zero-order chi connectivity index (χ0) is 18.2.